The summed E-state index contributed by atoms with van der Waals surface area (Å²) in [6, 6.07) is 0. The van der Waals surface area contributed by atoms with E-state index in [0.29, 0.717) is 25.5 Å². The Labute approximate surface area is 85.7 Å². The van der Waals surface area contributed by atoms with Gasteiger partial charge in [-0.3, -0.25) is 0 Å². The van der Waals surface area contributed by atoms with Crippen molar-refractivity contribution in [2.45, 2.75) is 12.5 Å². The van der Waals surface area contributed by atoms with E-state index in [4.69, 9.17) is 17.3 Å². The van der Waals surface area contributed by atoms with Crippen LogP contribution in [0.1, 0.15) is 6.42 Å². The Kier molecular flexibility index (Phi) is 2.39. The Morgan fingerprint density at radius 2 is 2.21 bits per heavy atom. The second-order valence-electron chi connectivity index (χ2n) is 3.15. The zero-order valence-electron chi connectivity index (χ0n) is 7.39. The van der Waals surface area contributed by atoms with Crippen molar-refractivity contribution in [3.05, 3.63) is 5.28 Å². The second-order valence-corrected chi connectivity index (χ2v) is 3.49. The van der Waals surface area contributed by atoms with Gasteiger partial charge in [0.25, 0.3) is 0 Å². The van der Waals surface area contributed by atoms with Gasteiger partial charge in [0.05, 0.1) is 6.10 Å². The van der Waals surface area contributed by atoms with Gasteiger partial charge in [-0.05, 0) is 18.0 Å². The van der Waals surface area contributed by atoms with Crippen molar-refractivity contribution in [2.24, 2.45) is 0 Å². The first-order chi connectivity index (χ1) is 6.65. The molecule has 6 nitrogen and oxygen atoms in total. The molecule has 1 aliphatic rings. The highest BCUT2D eigenvalue weighted by molar-refractivity contribution is 6.28. The van der Waals surface area contributed by atoms with E-state index in [1.165, 1.54) is 0 Å². The molecule has 0 spiro atoms. The number of halogens is 1. The zero-order valence-corrected chi connectivity index (χ0v) is 8.15. The van der Waals surface area contributed by atoms with Gasteiger partial charge in [-0.2, -0.15) is 15.0 Å². The standard InChI is InChI=1S/C7H10ClN5O/c8-5-10-6(9)12-7(11-5)13-2-1-4(14)3-13/h4,14H,1-3H2,(H2,9,10,11,12)/t4-/m0/s1. The minimum atomic E-state index is -0.327. The van der Waals surface area contributed by atoms with Gasteiger partial charge in [0.15, 0.2) is 0 Å². The molecule has 0 aliphatic carbocycles. The van der Waals surface area contributed by atoms with Gasteiger partial charge >= 0.3 is 0 Å². The van der Waals surface area contributed by atoms with E-state index >= 15 is 0 Å². The van der Waals surface area contributed by atoms with Gasteiger partial charge in [-0.25, -0.2) is 0 Å². The quantitative estimate of drug-likeness (QED) is 0.668. The molecule has 1 saturated heterocycles. The monoisotopic (exact) mass is 215 g/mol. The number of aliphatic hydroxyl groups excluding tert-OH is 1. The molecule has 76 valence electrons. The Balaban J connectivity index is 2.23. The number of aromatic nitrogens is 3. The number of rotatable bonds is 1. The minimum Gasteiger partial charge on any atom is -0.391 e. The Morgan fingerprint density at radius 3 is 2.79 bits per heavy atom. The lowest BCUT2D eigenvalue weighted by Crippen LogP contribution is -2.24. The van der Waals surface area contributed by atoms with Gasteiger partial charge in [0.1, 0.15) is 0 Å². The van der Waals surface area contributed by atoms with Crippen LogP contribution in [-0.2, 0) is 0 Å². The highest BCUT2D eigenvalue weighted by Crippen LogP contribution is 2.17. The summed E-state index contributed by atoms with van der Waals surface area (Å²) >= 11 is 5.63. The topological polar surface area (TPSA) is 88.2 Å². The molecule has 14 heavy (non-hydrogen) atoms. The van der Waals surface area contributed by atoms with Crippen molar-refractivity contribution >= 4 is 23.5 Å². The first-order valence-electron chi connectivity index (χ1n) is 4.25. The molecule has 0 amide bonds. The number of anilines is 2. The van der Waals surface area contributed by atoms with E-state index in [2.05, 4.69) is 15.0 Å². The van der Waals surface area contributed by atoms with Crippen LogP contribution in [0.2, 0.25) is 5.28 Å². The lowest BCUT2D eigenvalue weighted by Gasteiger charge is -2.14. The highest BCUT2D eigenvalue weighted by atomic mass is 35.5. The molecule has 1 fully saturated rings. The Morgan fingerprint density at radius 1 is 1.43 bits per heavy atom. The molecule has 0 aromatic carbocycles. The maximum Gasteiger partial charge on any atom is 0.231 e. The summed E-state index contributed by atoms with van der Waals surface area (Å²) in [6.07, 6.45) is 0.384. The van der Waals surface area contributed by atoms with Crippen LogP contribution >= 0.6 is 11.6 Å². The van der Waals surface area contributed by atoms with E-state index in [-0.39, 0.29) is 17.3 Å². The lowest BCUT2D eigenvalue weighted by molar-refractivity contribution is 0.198. The van der Waals surface area contributed by atoms with Crippen molar-refractivity contribution in [3.63, 3.8) is 0 Å². The Bertz CT molecular complexity index is 327. The molecule has 7 heteroatoms. The molecule has 1 atom stereocenters. The van der Waals surface area contributed by atoms with Crippen LogP contribution < -0.4 is 10.6 Å². The average molecular weight is 216 g/mol. The molecule has 2 heterocycles. The van der Waals surface area contributed by atoms with Gasteiger partial charge in [0, 0.05) is 13.1 Å². The maximum atomic E-state index is 9.32. The van der Waals surface area contributed by atoms with E-state index in [1.54, 1.807) is 0 Å². The molecule has 1 aromatic rings. The summed E-state index contributed by atoms with van der Waals surface area (Å²) < 4.78 is 0. The number of hydrogen-bond acceptors (Lipinski definition) is 6. The lowest BCUT2D eigenvalue weighted by atomic mass is 10.3. The van der Waals surface area contributed by atoms with Crippen LogP contribution in [-0.4, -0.2) is 39.3 Å². The molecule has 2 rings (SSSR count). The summed E-state index contributed by atoms with van der Waals surface area (Å²) in [5.74, 6) is 0.528. The average Bonchev–Trinajstić information content (AvgIpc) is 2.50. The first kappa shape index (κ1) is 9.42. The maximum absolute atomic E-state index is 9.32. The predicted molar refractivity (Wildman–Crippen MR) is 52.1 cm³/mol. The third kappa shape index (κ3) is 1.85. The van der Waals surface area contributed by atoms with E-state index in [9.17, 15) is 5.11 Å². The summed E-state index contributed by atoms with van der Waals surface area (Å²) in [4.78, 5) is 13.3. The third-order valence-corrected chi connectivity index (χ3v) is 2.23. The van der Waals surface area contributed by atoms with Gasteiger partial charge in [-0.15, -0.1) is 0 Å². The largest absolute Gasteiger partial charge is 0.391 e. The number of nitrogens with zero attached hydrogens (tertiary/aromatic N) is 4. The van der Waals surface area contributed by atoms with Crippen molar-refractivity contribution in [1.29, 1.82) is 0 Å². The Hall–Kier alpha value is -1.14. The third-order valence-electron chi connectivity index (χ3n) is 2.06. The number of aliphatic hydroxyl groups is 1. The first-order valence-corrected chi connectivity index (χ1v) is 4.63. The summed E-state index contributed by atoms with van der Waals surface area (Å²) in [7, 11) is 0. The van der Waals surface area contributed by atoms with Crippen LogP contribution in [0.25, 0.3) is 0 Å². The van der Waals surface area contributed by atoms with Crippen molar-refractivity contribution in [1.82, 2.24) is 15.0 Å². The minimum absolute atomic E-state index is 0.0777. The molecule has 1 aliphatic heterocycles. The molecule has 0 bridgehead atoms. The number of hydrogen-bond donors (Lipinski definition) is 2. The van der Waals surface area contributed by atoms with Crippen molar-refractivity contribution in [3.8, 4) is 0 Å². The molecular weight excluding hydrogens is 206 g/mol. The van der Waals surface area contributed by atoms with E-state index in [0.717, 1.165) is 0 Å². The van der Waals surface area contributed by atoms with Gasteiger partial charge < -0.3 is 15.7 Å². The van der Waals surface area contributed by atoms with Gasteiger partial charge in [0.2, 0.25) is 17.2 Å². The van der Waals surface area contributed by atoms with Crippen LogP contribution in [0.3, 0.4) is 0 Å². The highest BCUT2D eigenvalue weighted by Gasteiger charge is 2.22. The van der Waals surface area contributed by atoms with Crippen LogP contribution in [0.5, 0.6) is 0 Å². The number of nitrogen functional groups attached to an aromatic ring is 1. The fraction of sp³-hybridized carbons (Fsp3) is 0.571. The zero-order chi connectivity index (χ0) is 10.1. The van der Waals surface area contributed by atoms with Crippen molar-refractivity contribution < 1.29 is 5.11 Å². The summed E-state index contributed by atoms with van der Waals surface area (Å²) in [5, 5.41) is 9.40. The molecule has 0 radical (unpaired) electrons. The van der Waals surface area contributed by atoms with Crippen LogP contribution in [0.4, 0.5) is 11.9 Å². The normalized spacial score (nSPS) is 21.6. The fourth-order valence-electron chi connectivity index (χ4n) is 1.42. The molecular formula is C7H10ClN5O. The summed E-state index contributed by atoms with van der Waals surface area (Å²) in [6.45, 7) is 1.22. The van der Waals surface area contributed by atoms with Crippen LogP contribution in [0, 0.1) is 0 Å². The molecule has 0 unspecified atom stereocenters. The van der Waals surface area contributed by atoms with Crippen LogP contribution in [0.15, 0.2) is 0 Å². The predicted octanol–water partition coefficient (Wildman–Crippen LogP) is -0.322. The smallest absolute Gasteiger partial charge is 0.231 e. The van der Waals surface area contributed by atoms with E-state index in [1.807, 2.05) is 4.90 Å². The second kappa shape index (κ2) is 3.55. The molecule has 0 saturated carbocycles. The van der Waals surface area contributed by atoms with E-state index < -0.39 is 0 Å². The fourth-order valence-corrected chi connectivity index (χ4v) is 1.58. The van der Waals surface area contributed by atoms with Gasteiger partial charge in [-0.1, -0.05) is 0 Å². The molecule has 3 N–H and O–H groups in total. The van der Waals surface area contributed by atoms with Crippen molar-refractivity contribution in [2.75, 3.05) is 23.7 Å². The molecule has 1 aromatic heterocycles. The number of nitrogens with two attached hydrogens (primary N) is 1. The number of β-amino-alcohol motifs (C(OH)–C–C–N with tert-alkyl or cyclic N) is 1. The summed E-state index contributed by atoms with van der Waals surface area (Å²) in [5.41, 5.74) is 5.43. The SMILES string of the molecule is Nc1nc(Cl)nc(N2CC[C@H](O)C2)n1.